The Kier molecular flexibility index (Phi) is 7.49. The van der Waals surface area contributed by atoms with Crippen LogP contribution < -0.4 is 15.4 Å². The van der Waals surface area contributed by atoms with Crippen LogP contribution in [0.1, 0.15) is 33.1 Å². The van der Waals surface area contributed by atoms with Crippen LogP contribution in [0, 0.1) is 11.8 Å². The van der Waals surface area contributed by atoms with Crippen molar-refractivity contribution in [3.05, 3.63) is 24.3 Å². The number of nitrogens with zero attached hydrogens (tertiary/aromatic N) is 1. The molecular formula is C24H32BrN3O6. The number of aliphatic hydroxyl groups is 1. The van der Waals surface area contributed by atoms with Gasteiger partial charge in [-0.25, -0.2) is 0 Å². The molecule has 3 heterocycles. The van der Waals surface area contributed by atoms with Crippen molar-refractivity contribution >= 4 is 39.3 Å². The second-order valence-electron chi connectivity index (χ2n) is 9.01. The summed E-state index contributed by atoms with van der Waals surface area (Å²) >= 11 is 3.63. The van der Waals surface area contributed by atoms with Crippen LogP contribution in [-0.2, 0) is 19.1 Å². The van der Waals surface area contributed by atoms with Crippen molar-refractivity contribution < 1.29 is 29.0 Å². The maximum atomic E-state index is 13.5. The quantitative estimate of drug-likeness (QED) is 0.308. The lowest BCUT2D eigenvalue weighted by Gasteiger charge is -2.34. The van der Waals surface area contributed by atoms with E-state index in [4.69, 9.17) is 9.47 Å². The molecule has 3 unspecified atom stereocenters. The Hall–Kier alpha value is -2.17. The molecule has 2 bridgehead atoms. The van der Waals surface area contributed by atoms with E-state index >= 15 is 0 Å². The first kappa shape index (κ1) is 24.9. The largest absolute Gasteiger partial charge is 0.494 e. The highest BCUT2D eigenvalue weighted by Gasteiger charge is 2.76. The lowest BCUT2D eigenvalue weighted by molar-refractivity contribution is -0.141. The molecule has 0 aromatic heterocycles. The lowest BCUT2D eigenvalue weighted by Crippen LogP contribution is -2.56. The molecule has 186 valence electrons. The van der Waals surface area contributed by atoms with E-state index in [2.05, 4.69) is 26.6 Å². The van der Waals surface area contributed by atoms with Crippen LogP contribution in [-0.4, -0.2) is 76.6 Å². The number of alkyl halides is 1. The number of rotatable bonds is 10. The molecule has 1 spiro atoms. The summed E-state index contributed by atoms with van der Waals surface area (Å²) < 4.78 is 11.8. The van der Waals surface area contributed by atoms with Gasteiger partial charge in [-0.15, -0.1) is 0 Å². The van der Waals surface area contributed by atoms with Gasteiger partial charge in [0.15, 0.2) is 0 Å². The number of fused-ring (bicyclic) bond motifs is 1. The molecule has 0 saturated carbocycles. The fraction of sp³-hybridized carbons (Fsp3) is 0.625. The number of anilines is 1. The molecule has 34 heavy (non-hydrogen) atoms. The first-order chi connectivity index (χ1) is 16.4. The number of ether oxygens (including phenoxy) is 2. The highest BCUT2D eigenvalue weighted by atomic mass is 79.9. The average Bonchev–Trinajstić information content (AvgIpc) is 3.39. The van der Waals surface area contributed by atoms with E-state index < -0.39 is 29.6 Å². The summed E-state index contributed by atoms with van der Waals surface area (Å²) in [5.74, 6) is -1.79. The number of hydrogen-bond acceptors (Lipinski definition) is 6. The normalized spacial score (nSPS) is 31.5. The second kappa shape index (κ2) is 10.2. The summed E-state index contributed by atoms with van der Waals surface area (Å²) in [5.41, 5.74) is -0.523. The number of unbranched alkanes of at least 4 members (excludes halogenated alkanes) is 1. The monoisotopic (exact) mass is 537 g/mol. The molecule has 3 N–H and O–H groups in total. The van der Waals surface area contributed by atoms with Crippen molar-refractivity contribution in [2.75, 3.05) is 31.6 Å². The Labute approximate surface area is 207 Å². The third kappa shape index (κ3) is 4.20. The first-order valence-electron chi connectivity index (χ1n) is 11.9. The summed E-state index contributed by atoms with van der Waals surface area (Å²) in [6, 6.07) is 6.15. The molecule has 3 aliphatic rings. The minimum absolute atomic E-state index is 0.0111. The van der Waals surface area contributed by atoms with E-state index in [1.807, 2.05) is 13.8 Å². The van der Waals surface area contributed by atoms with Gasteiger partial charge in [-0.05, 0) is 44.0 Å². The first-order valence-corrected chi connectivity index (χ1v) is 12.8. The van der Waals surface area contributed by atoms with Crippen LogP contribution in [0.2, 0.25) is 0 Å². The van der Waals surface area contributed by atoms with Crippen molar-refractivity contribution in [3.63, 3.8) is 0 Å². The molecule has 9 nitrogen and oxygen atoms in total. The van der Waals surface area contributed by atoms with Gasteiger partial charge in [-0.1, -0.05) is 29.3 Å². The van der Waals surface area contributed by atoms with Crippen molar-refractivity contribution in [2.24, 2.45) is 11.8 Å². The molecule has 3 aliphatic heterocycles. The molecule has 3 saturated heterocycles. The molecular weight excluding hydrogens is 506 g/mol. The number of hydrogen-bond donors (Lipinski definition) is 3. The predicted molar refractivity (Wildman–Crippen MR) is 129 cm³/mol. The molecule has 0 radical (unpaired) electrons. The molecule has 3 fully saturated rings. The van der Waals surface area contributed by atoms with Crippen LogP contribution >= 0.6 is 15.9 Å². The van der Waals surface area contributed by atoms with E-state index in [9.17, 15) is 19.5 Å². The standard InChI is InChI=1S/C24H32BrN3O6/c1-3-5-10-26-22(31)20-24-13-16(25)19(34-24)17(18(24)23(32)28(20)11-12-29)21(30)27-14-6-8-15(9-7-14)33-4-2/h6-9,16-20,29H,3-5,10-13H2,1-2H3,(H,26,31)(H,27,30)/t16?,17-,18-,19-,20?,24?/m0/s1. The smallest absolute Gasteiger partial charge is 0.245 e. The molecule has 6 atom stereocenters. The zero-order chi connectivity index (χ0) is 24.5. The predicted octanol–water partition coefficient (Wildman–Crippen LogP) is 1.68. The van der Waals surface area contributed by atoms with Gasteiger partial charge in [0.25, 0.3) is 0 Å². The van der Waals surface area contributed by atoms with Gasteiger partial charge in [-0.3, -0.25) is 14.4 Å². The summed E-state index contributed by atoms with van der Waals surface area (Å²) in [7, 11) is 0. The summed E-state index contributed by atoms with van der Waals surface area (Å²) in [4.78, 5) is 41.4. The van der Waals surface area contributed by atoms with E-state index in [1.54, 1.807) is 24.3 Å². The Morgan fingerprint density at radius 3 is 2.65 bits per heavy atom. The molecule has 1 aromatic rings. The van der Waals surface area contributed by atoms with Crippen molar-refractivity contribution in [1.82, 2.24) is 10.2 Å². The van der Waals surface area contributed by atoms with Crippen molar-refractivity contribution in [1.29, 1.82) is 0 Å². The Balaban J connectivity index is 1.60. The van der Waals surface area contributed by atoms with Crippen LogP contribution in [0.4, 0.5) is 5.69 Å². The highest BCUT2D eigenvalue weighted by molar-refractivity contribution is 9.09. The van der Waals surface area contributed by atoms with Gasteiger partial charge in [0.1, 0.15) is 17.4 Å². The number of β-amino-alcohol motifs (C(OH)–C–C–N with tert-alkyl or cyclic N) is 1. The van der Waals surface area contributed by atoms with E-state index in [0.717, 1.165) is 12.8 Å². The number of carbonyl (C=O) groups is 3. The number of halogens is 1. The minimum atomic E-state index is -1.11. The molecule has 1 aromatic carbocycles. The number of carbonyl (C=O) groups excluding carboxylic acids is 3. The van der Waals surface area contributed by atoms with Crippen LogP contribution in [0.5, 0.6) is 5.75 Å². The highest BCUT2D eigenvalue weighted by Crippen LogP contribution is 2.60. The number of nitrogens with one attached hydrogen (secondary N) is 2. The van der Waals surface area contributed by atoms with Crippen molar-refractivity contribution in [2.45, 2.75) is 55.7 Å². The van der Waals surface area contributed by atoms with Gasteiger partial charge < -0.3 is 30.1 Å². The maximum absolute atomic E-state index is 13.5. The molecule has 3 amide bonds. The second-order valence-corrected chi connectivity index (χ2v) is 10.2. The Morgan fingerprint density at radius 2 is 2.00 bits per heavy atom. The van der Waals surface area contributed by atoms with Crippen LogP contribution in [0.15, 0.2) is 24.3 Å². The zero-order valence-corrected chi connectivity index (χ0v) is 21.0. The van der Waals surface area contributed by atoms with E-state index in [-0.39, 0.29) is 35.7 Å². The van der Waals surface area contributed by atoms with Gasteiger partial charge in [0, 0.05) is 23.6 Å². The topological polar surface area (TPSA) is 117 Å². The number of benzene rings is 1. The van der Waals surface area contributed by atoms with Gasteiger partial charge in [-0.2, -0.15) is 0 Å². The molecule has 4 rings (SSSR count). The Morgan fingerprint density at radius 1 is 1.26 bits per heavy atom. The van der Waals surface area contributed by atoms with Gasteiger partial charge >= 0.3 is 0 Å². The summed E-state index contributed by atoms with van der Waals surface area (Å²) in [5, 5.41) is 15.4. The fourth-order valence-corrected chi connectivity index (χ4v) is 6.53. The Bertz CT molecular complexity index is 928. The SMILES string of the molecule is CCCCNC(=O)C1N(CCO)C(=O)[C@@H]2[C@H](C(=O)Nc3ccc(OCC)cc3)[C@H]3OC12CC3Br. The number of likely N-dealkylation sites (tertiary alicyclic amines) is 1. The summed E-state index contributed by atoms with van der Waals surface area (Å²) in [6.07, 6.45) is 1.65. The molecule has 10 heteroatoms. The zero-order valence-electron chi connectivity index (χ0n) is 19.5. The molecule has 0 aliphatic carbocycles. The average molecular weight is 538 g/mol. The van der Waals surface area contributed by atoms with Crippen LogP contribution in [0.25, 0.3) is 0 Å². The fourth-order valence-electron chi connectivity index (χ4n) is 5.59. The van der Waals surface area contributed by atoms with Gasteiger partial charge in [0.2, 0.25) is 17.7 Å². The van der Waals surface area contributed by atoms with Gasteiger partial charge in [0.05, 0.1) is 31.2 Å². The lowest BCUT2D eigenvalue weighted by atomic mass is 9.70. The third-order valence-electron chi connectivity index (χ3n) is 6.94. The van der Waals surface area contributed by atoms with E-state index in [1.165, 1.54) is 4.90 Å². The van der Waals surface area contributed by atoms with E-state index in [0.29, 0.717) is 31.0 Å². The van der Waals surface area contributed by atoms with Crippen LogP contribution in [0.3, 0.4) is 0 Å². The number of amides is 3. The van der Waals surface area contributed by atoms with Crippen molar-refractivity contribution in [3.8, 4) is 5.75 Å². The maximum Gasteiger partial charge on any atom is 0.245 e. The minimum Gasteiger partial charge on any atom is -0.494 e. The number of aliphatic hydroxyl groups excluding tert-OH is 1. The summed E-state index contributed by atoms with van der Waals surface area (Å²) in [6.45, 7) is 4.70. The third-order valence-corrected chi connectivity index (χ3v) is 7.79.